The van der Waals surface area contributed by atoms with Crippen LogP contribution in [0.15, 0.2) is 48.5 Å². The Morgan fingerprint density at radius 1 is 1.19 bits per heavy atom. The number of rotatable bonds is 8. The molecule has 1 atom stereocenters. The smallest absolute Gasteiger partial charge is 0.211 e. The summed E-state index contributed by atoms with van der Waals surface area (Å²) in [4.78, 5) is 3.12. The molecule has 0 aliphatic rings. The fourth-order valence-corrected chi connectivity index (χ4v) is 3.60. The van der Waals surface area contributed by atoms with Crippen LogP contribution < -0.4 is 9.46 Å². The van der Waals surface area contributed by atoms with Gasteiger partial charge in [0.05, 0.1) is 18.6 Å². The van der Waals surface area contributed by atoms with Gasteiger partial charge in [0.1, 0.15) is 5.75 Å². The Kier molecular flexibility index (Phi) is 6.06. The van der Waals surface area contributed by atoms with Gasteiger partial charge < -0.3 is 14.8 Å². The molecule has 6 nitrogen and oxygen atoms in total. The van der Waals surface area contributed by atoms with Gasteiger partial charge in [0, 0.05) is 15.9 Å². The number of aryl methyl sites for hydroxylation is 1. The largest absolute Gasteiger partial charge is 0.494 e. The number of sulfonamides is 1. The average Bonchev–Trinajstić information content (AvgIpc) is 2.98. The maximum atomic E-state index is 11.5. The fraction of sp³-hybridized carbons (Fsp3) is 0.263. The number of nitrogens with one attached hydrogen (secondary N) is 2. The van der Waals surface area contributed by atoms with E-state index in [1.165, 1.54) is 0 Å². The molecule has 3 aromatic rings. The van der Waals surface area contributed by atoms with Gasteiger partial charge in [-0.15, -0.1) is 0 Å². The van der Waals surface area contributed by atoms with Gasteiger partial charge in [-0.2, -0.15) is 4.72 Å². The highest BCUT2D eigenvalue weighted by molar-refractivity contribution is 7.88. The molecular formula is C19H21ClN2O4S. The summed E-state index contributed by atoms with van der Waals surface area (Å²) < 4.78 is 30.9. The summed E-state index contributed by atoms with van der Waals surface area (Å²) in [6.45, 7) is 0.482. The van der Waals surface area contributed by atoms with Crippen molar-refractivity contribution < 1.29 is 18.3 Å². The van der Waals surface area contributed by atoms with Crippen molar-refractivity contribution >= 4 is 32.5 Å². The van der Waals surface area contributed by atoms with Gasteiger partial charge in [-0.05, 0) is 48.7 Å². The van der Waals surface area contributed by atoms with E-state index in [1.807, 2.05) is 24.3 Å². The molecule has 0 aliphatic carbocycles. The van der Waals surface area contributed by atoms with E-state index in [0.29, 0.717) is 30.2 Å². The third-order valence-corrected chi connectivity index (χ3v) is 5.00. The van der Waals surface area contributed by atoms with Crippen LogP contribution in [0.1, 0.15) is 23.9 Å². The van der Waals surface area contributed by atoms with Crippen LogP contribution in [-0.2, 0) is 16.4 Å². The third kappa shape index (κ3) is 5.23. The lowest BCUT2D eigenvalue weighted by atomic mass is 10.1. The van der Waals surface area contributed by atoms with Crippen molar-refractivity contribution in [3.63, 3.8) is 0 Å². The zero-order valence-corrected chi connectivity index (χ0v) is 16.3. The van der Waals surface area contributed by atoms with E-state index in [2.05, 4.69) is 9.71 Å². The second kappa shape index (κ2) is 8.31. The van der Waals surface area contributed by atoms with Gasteiger partial charge >= 0.3 is 0 Å². The molecule has 0 spiro atoms. The number of ether oxygens (including phenoxy) is 1. The van der Waals surface area contributed by atoms with Crippen LogP contribution in [0.4, 0.5) is 0 Å². The molecule has 2 aromatic carbocycles. The molecule has 1 aromatic heterocycles. The van der Waals surface area contributed by atoms with Gasteiger partial charge in [-0.1, -0.05) is 29.8 Å². The van der Waals surface area contributed by atoms with Gasteiger partial charge in [0.25, 0.3) is 0 Å². The van der Waals surface area contributed by atoms with Crippen molar-refractivity contribution in [1.82, 2.24) is 9.71 Å². The molecule has 0 bridgehead atoms. The fourth-order valence-electron chi connectivity index (χ4n) is 2.96. The summed E-state index contributed by atoms with van der Waals surface area (Å²) in [5.41, 5.74) is 2.16. The van der Waals surface area contributed by atoms with Crippen LogP contribution in [0, 0.1) is 0 Å². The predicted molar refractivity (Wildman–Crippen MR) is 107 cm³/mol. The van der Waals surface area contributed by atoms with Gasteiger partial charge in [0.15, 0.2) is 6.23 Å². The van der Waals surface area contributed by atoms with Crippen LogP contribution in [0.2, 0.25) is 5.02 Å². The number of hydrogen-bond donors (Lipinski definition) is 3. The number of fused-ring (bicyclic) bond motifs is 1. The molecule has 1 heterocycles. The van der Waals surface area contributed by atoms with Crippen molar-refractivity contribution in [2.75, 3.05) is 12.9 Å². The lowest BCUT2D eigenvalue weighted by Gasteiger charge is -2.13. The number of H-pyrrole nitrogens is 1. The number of aliphatic hydroxyl groups excluding tert-OH is 1. The molecule has 3 rings (SSSR count). The summed E-state index contributed by atoms with van der Waals surface area (Å²) in [7, 11) is -3.55. The number of aromatic nitrogens is 1. The highest BCUT2D eigenvalue weighted by atomic mass is 35.5. The van der Waals surface area contributed by atoms with E-state index in [0.717, 1.165) is 28.5 Å². The standard InChI is InChI=1S/C19H21ClN2O4S/c1-27(24,25)22-19(23)18-16(15-5-2-3-7-17(15)21-18)6-4-12-26-14-10-8-13(20)9-11-14/h2-3,5,7-11,19,21-23H,4,6,12H2,1H3. The first-order valence-electron chi connectivity index (χ1n) is 8.47. The predicted octanol–water partition coefficient (Wildman–Crippen LogP) is 3.37. The normalized spacial score (nSPS) is 13.0. The van der Waals surface area contributed by atoms with Crippen molar-refractivity contribution in [2.24, 2.45) is 0 Å². The molecule has 8 heteroatoms. The monoisotopic (exact) mass is 408 g/mol. The maximum Gasteiger partial charge on any atom is 0.211 e. The minimum Gasteiger partial charge on any atom is -0.494 e. The first-order valence-corrected chi connectivity index (χ1v) is 10.7. The summed E-state index contributed by atoms with van der Waals surface area (Å²) in [5.74, 6) is 0.734. The third-order valence-electron chi connectivity index (χ3n) is 4.10. The molecule has 27 heavy (non-hydrogen) atoms. The van der Waals surface area contributed by atoms with E-state index in [-0.39, 0.29) is 0 Å². The van der Waals surface area contributed by atoms with Gasteiger partial charge in [0.2, 0.25) is 10.0 Å². The molecule has 0 amide bonds. The van der Waals surface area contributed by atoms with Crippen molar-refractivity contribution in [3.8, 4) is 5.75 Å². The molecule has 0 fully saturated rings. The van der Waals surface area contributed by atoms with Crippen molar-refractivity contribution in [1.29, 1.82) is 0 Å². The minimum absolute atomic E-state index is 0.452. The summed E-state index contributed by atoms with van der Waals surface area (Å²) in [5, 5.41) is 11.9. The van der Waals surface area contributed by atoms with Crippen LogP contribution in [0.25, 0.3) is 10.9 Å². The minimum atomic E-state index is -3.55. The summed E-state index contributed by atoms with van der Waals surface area (Å²) in [6.07, 6.45) is 0.997. The quantitative estimate of drug-likeness (QED) is 0.393. The molecule has 144 valence electrons. The number of aliphatic hydroxyl groups is 1. The Labute approximate surface area is 163 Å². The number of hydrogen-bond acceptors (Lipinski definition) is 4. The van der Waals surface area contributed by atoms with E-state index >= 15 is 0 Å². The number of halogens is 1. The Bertz CT molecular complexity index is 1020. The zero-order valence-electron chi connectivity index (χ0n) is 14.8. The Morgan fingerprint density at radius 3 is 2.59 bits per heavy atom. The maximum absolute atomic E-state index is 11.5. The molecule has 0 saturated heterocycles. The lowest BCUT2D eigenvalue weighted by molar-refractivity contribution is 0.161. The van der Waals surface area contributed by atoms with E-state index < -0.39 is 16.3 Å². The molecule has 0 radical (unpaired) electrons. The van der Waals surface area contributed by atoms with E-state index in [1.54, 1.807) is 24.3 Å². The molecule has 0 saturated carbocycles. The number of aromatic amines is 1. The SMILES string of the molecule is CS(=O)(=O)NC(O)c1[nH]c2ccccc2c1CCCOc1ccc(Cl)cc1. The van der Waals surface area contributed by atoms with Gasteiger partial charge in [-0.3, -0.25) is 0 Å². The second-order valence-electron chi connectivity index (χ2n) is 6.26. The first-order chi connectivity index (χ1) is 12.8. The number of para-hydroxylation sites is 1. The molecule has 3 N–H and O–H groups in total. The van der Waals surface area contributed by atoms with Crippen molar-refractivity contribution in [2.45, 2.75) is 19.1 Å². The van der Waals surface area contributed by atoms with Gasteiger partial charge in [-0.25, -0.2) is 8.42 Å². The highest BCUT2D eigenvalue weighted by Crippen LogP contribution is 2.27. The molecular weight excluding hydrogens is 388 g/mol. The Hall–Kier alpha value is -2.06. The van der Waals surface area contributed by atoms with Crippen LogP contribution >= 0.6 is 11.6 Å². The molecule has 0 aliphatic heterocycles. The average molecular weight is 409 g/mol. The summed E-state index contributed by atoms with van der Waals surface area (Å²) in [6, 6.07) is 14.8. The van der Waals surface area contributed by atoms with E-state index in [4.69, 9.17) is 16.3 Å². The first kappa shape index (κ1) is 19.7. The Balaban J connectivity index is 1.73. The highest BCUT2D eigenvalue weighted by Gasteiger charge is 2.20. The lowest BCUT2D eigenvalue weighted by Crippen LogP contribution is -2.28. The number of benzene rings is 2. The molecule has 1 unspecified atom stereocenters. The zero-order chi connectivity index (χ0) is 19.4. The van der Waals surface area contributed by atoms with Crippen LogP contribution in [0.3, 0.4) is 0 Å². The second-order valence-corrected chi connectivity index (χ2v) is 8.48. The van der Waals surface area contributed by atoms with Crippen LogP contribution in [0.5, 0.6) is 5.75 Å². The van der Waals surface area contributed by atoms with Crippen molar-refractivity contribution in [3.05, 3.63) is 64.8 Å². The Morgan fingerprint density at radius 2 is 1.89 bits per heavy atom. The van der Waals surface area contributed by atoms with E-state index in [9.17, 15) is 13.5 Å². The topological polar surface area (TPSA) is 91.4 Å². The van der Waals surface area contributed by atoms with Crippen LogP contribution in [-0.4, -0.2) is 31.4 Å². The summed E-state index contributed by atoms with van der Waals surface area (Å²) >= 11 is 5.86.